The van der Waals surface area contributed by atoms with E-state index < -0.39 is 6.04 Å². The number of nitrogens with zero attached hydrogens (tertiary/aromatic N) is 1. The summed E-state index contributed by atoms with van der Waals surface area (Å²) >= 11 is 0. The first-order valence-corrected chi connectivity index (χ1v) is 13.3. The van der Waals surface area contributed by atoms with Crippen LogP contribution < -0.4 is 19.5 Å². The highest BCUT2D eigenvalue weighted by molar-refractivity contribution is 6.07. The Balaban J connectivity index is 1.58. The Morgan fingerprint density at radius 2 is 1.74 bits per heavy atom. The molecule has 5 rings (SSSR count). The van der Waals surface area contributed by atoms with Crippen LogP contribution in [0.2, 0.25) is 0 Å². The topological polar surface area (TPSA) is 126 Å². The summed E-state index contributed by atoms with van der Waals surface area (Å²) in [4.78, 5) is 21.9. The molecule has 0 fully saturated rings. The molecular formula is C33H31N3O6. The quantitative estimate of drug-likeness (QED) is 0.198. The highest BCUT2D eigenvalue weighted by Gasteiger charge is 2.21. The van der Waals surface area contributed by atoms with Crippen LogP contribution in [0.4, 0.5) is 0 Å². The van der Waals surface area contributed by atoms with Gasteiger partial charge >= 0.3 is 0 Å². The molecule has 9 heteroatoms. The van der Waals surface area contributed by atoms with Crippen LogP contribution >= 0.6 is 0 Å². The van der Waals surface area contributed by atoms with E-state index in [1.807, 2.05) is 30.5 Å². The van der Waals surface area contributed by atoms with Crippen LogP contribution in [0.5, 0.6) is 17.2 Å². The SMILES string of the molecule is COc1cc(-c2cc(C(=O)N[C@@H](CO)Cc3c[nH]c4ccccc34)c3cc(C#CCO)ccc3n2)cc(OC)c1OC. The minimum Gasteiger partial charge on any atom is -0.493 e. The molecule has 3 aromatic carbocycles. The largest absolute Gasteiger partial charge is 0.493 e. The van der Waals surface area contributed by atoms with Crippen molar-refractivity contribution in [3.8, 4) is 40.3 Å². The van der Waals surface area contributed by atoms with Crippen molar-refractivity contribution in [3.05, 3.63) is 83.6 Å². The maximum Gasteiger partial charge on any atom is 0.252 e. The molecule has 0 aliphatic rings. The van der Waals surface area contributed by atoms with Gasteiger partial charge in [-0.05, 0) is 54.4 Å². The van der Waals surface area contributed by atoms with Crippen LogP contribution in [0.15, 0.2) is 66.9 Å². The van der Waals surface area contributed by atoms with E-state index in [2.05, 4.69) is 22.1 Å². The Kier molecular flexibility index (Phi) is 8.58. The molecule has 5 aromatic rings. The van der Waals surface area contributed by atoms with Crippen LogP contribution in [-0.4, -0.2) is 66.7 Å². The van der Waals surface area contributed by atoms with E-state index in [1.54, 1.807) is 36.4 Å². The zero-order chi connectivity index (χ0) is 29.6. The van der Waals surface area contributed by atoms with E-state index in [9.17, 15) is 9.90 Å². The van der Waals surface area contributed by atoms with E-state index in [4.69, 9.17) is 24.3 Å². The summed E-state index contributed by atoms with van der Waals surface area (Å²) in [6.45, 7) is -0.531. The van der Waals surface area contributed by atoms with E-state index in [0.29, 0.717) is 57.0 Å². The third-order valence-electron chi connectivity index (χ3n) is 7.02. The summed E-state index contributed by atoms with van der Waals surface area (Å²) < 4.78 is 16.5. The van der Waals surface area contributed by atoms with Gasteiger partial charge in [-0.1, -0.05) is 30.0 Å². The minimum absolute atomic E-state index is 0.249. The second-order valence-corrected chi connectivity index (χ2v) is 9.58. The number of aliphatic hydroxyl groups excluding tert-OH is 2. The van der Waals surface area contributed by atoms with Crippen molar-refractivity contribution in [3.63, 3.8) is 0 Å². The fraction of sp³-hybridized carbons (Fsp3) is 0.212. The van der Waals surface area contributed by atoms with Crippen molar-refractivity contribution in [2.45, 2.75) is 12.5 Å². The molecule has 0 unspecified atom stereocenters. The van der Waals surface area contributed by atoms with Gasteiger partial charge in [0.25, 0.3) is 5.91 Å². The maximum atomic E-state index is 13.9. The van der Waals surface area contributed by atoms with Gasteiger partial charge in [-0.3, -0.25) is 4.79 Å². The number of pyridine rings is 1. The predicted molar refractivity (Wildman–Crippen MR) is 161 cm³/mol. The van der Waals surface area contributed by atoms with Crippen LogP contribution in [0.25, 0.3) is 33.1 Å². The van der Waals surface area contributed by atoms with Crippen molar-refractivity contribution in [1.29, 1.82) is 0 Å². The molecule has 1 amide bonds. The molecule has 42 heavy (non-hydrogen) atoms. The number of ether oxygens (including phenoxy) is 3. The molecule has 0 saturated heterocycles. The Labute approximate surface area is 243 Å². The predicted octanol–water partition coefficient (Wildman–Crippen LogP) is 4.09. The standard InChI is InChI=1S/C33H31N3O6/c1-40-30-15-21(16-31(41-2)32(30)42-3)29-17-26(25-13-20(7-6-12-37)10-11-28(25)36-29)33(39)35-23(19-38)14-22-18-34-27-9-5-4-8-24(22)27/h4-5,8-11,13,15-18,23,34,37-38H,12,14,19H2,1-3H3,(H,35,39)/t23-/m1/s1. The van der Waals surface area contributed by atoms with Gasteiger partial charge in [-0.2, -0.15) is 0 Å². The molecule has 214 valence electrons. The Morgan fingerprint density at radius 3 is 2.43 bits per heavy atom. The number of nitrogens with one attached hydrogen (secondary N) is 2. The molecule has 0 saturated carbocycles. The number of benzene rings is 3. The number of para-hydroxylation sites is 1. The summed E-state index contributed by atoms with van der Waals surface area (Å²) in [5.41, 5.74) is 4.70. The number of hydrogen-bond donors (Lipinski definition) is 4. The average Bonchev–Trinajstić information content (AvgIpc) is 3.44. The highest BCUT2D eigenvalue weighted by Crippen LogP contribution is 2.41. The highest BCUT2D eigenvalue weighted by atomic mass is 16.5. The summed E-state index contributed by atoms with van der Waals surface area (Å²) in [6, 6.07) is 17.9. The van der Waals surface area contributed by atoms with Gasteiger partial charge in [0.05, 0.1) is 50.8 Å². The third-order valence-corrected chi connectivity index (χ3v) is 7.02. The number of carbonyl (C=O) groups is 1. The van der Waals surface area contributed by atoms with Crippen molar-refractivity contribution in [2.24, 2.45) is 0 Å². The van der Waals surface area contributed by atoms with Gasteiger partial charge in [-0.25, -0.2) is 4.98 Å². The number of carbonyl (C=O) groups excluding carboxylic acids is 1. The fourth-order valence-electron chi connectivity index (χ4n) is 5.00. The molecule has 0 bridgehead atoms. The van der Waals surface area contributed by atoms with Crippen LogP contribution in [0, 0.1) is 11.8 Å². The van der Waals surface area contributed by atoms with Gasteiger partial charge in [-0.15, -0.1) is 0 Å². The summed E-state index contributed by atoms with van der Waals surface area (Å²) in [5, 5.41) is 24.0. The first kappa shape index (κ1) is 28.5. The number of rotatable bonds is 9. The van der Waals surface area contributed by atoms with E-state index >= 15 is 0 Å². The molecule has 2 heterocycles. The lowest BCUT2D eigenvalue weighted by atomic mass is 10.00. The lowest BCUT2D eigenvalue weighted by Gasteiger charge is -2.18. The zero-order valence-corrected chi connectivity index (χ0v) is 23.5. The monoisotopic (exact) mass is 565 g/mol. The lowest BCUT2D eigenvalue weighted by Crippen LogP contribution is -2.39. The Bertz CT molecular complexity index is 1790. The number of methoxy groups -OCH3 is 3. The van der Waals surface area contributed by atoms with E-state index in [0.717, 1.165) is 16.5 Å². The number of aliphatic hydroxyl groups is 2. The fourth-order valence-corrected chi connectivity index (χ4v) is 5.00. The number of H-pyrrole nitrogens is 1. The number of aromatic amines is 1. The Morgan fingerprint density at radius 1 is 0.976 bits per heavy atom. The first-order chi connectivity index (χ1) is 20.5. The lowest BCUT2D eigenvalue weighted by molar-refractivity contribution is 0.0918. The maximum absolute atomic E-state index is 13.9. The first-order valence-electron chi connectivity index (χ1n) is 13.3. The van der Waals surface area contributed by atoms with Crippen LogP contribution in [0.3, 0.4) is 0 Å². The molecule has 2 aromatic heterocycles. The average molecular weight is 566 g/mol. The second-order valence-electron chi connectivity index (χ2n) is 9.58. The van der Waals surface area contributed by atoms with Gasteiger partial charge in [0, 0.05) is 33.6 Å². The van der Waals surface area contributed by atoms with Gasteiger partial charge < -0.3 is 34.7 Å². The molecule has 1 atom stereocenters. The second kappa shape index (κ2) is 12.6. The molecule has 0 aliphatic carbocycles. The van der Waals surface area contributed by atoms with Crippen LogP contribution in [-0.2, 0) is 6.42 Å². The summed E-state index contributed by atoms with van der Waals surface area (Å²) in [7, 11) is 4.60. The number of hydrogen-bond acceptors (Lipinski definition) is 7. The van der Waals surface area contributed by atoms with E-state index in [-0.39, 0.29) is 19.1 Å². The number of fused-ring (bicyclic) bond motifs is 2. The molecule has 4 N–H and O–H groups in total. The van der Waals surface area contributed by atoms with Gasteiger partial charge in [0.2, 0.25) is 5.75 Å². The van der Waals surface area contributed by atoms with Crippen molar-refractivity contribution < 1.29 is 29.2 Å². The molecule has 0 aliphatic heterocycles. The smallest absolute Gasteiger partial charge is 0.252 e. The van der Waals surface area contributed by atoms with Crippen molar-refractivity contribution in [1.82, 2.24) is 15.3 Å². The molecular weight excluding hydrogens is 534 g/mol. The molecule has 9 nitrogen and oxygen atoms in total. The van der Waals surface area contributed by atoms with Gasteiger partial charge in [0.15, 0.2) is 11.5 Å². The van der Waals surface area contributed by atoms with Gasteiger partial charge in [0.1, 0.15) is 6.61 Å². The molecule has 0 spiro atoms. The normalized spacial score (nSPS) is 11.5. The van der Waals surface area contributed by atoms with Crippen molar-refractivity contribution >= 4 is 27.7 Å². The number of aromatic nitrogens is 2. The third kappa shape index (κ3) is 5.72. The zero-order valence-electron chi connectivity index (χ0n) is 23.5. The molecule has 0 radical (unpaired) electrons. The summed E-state index contributed by atoms with van der Waals surface area (Å²) in [6.07, 6.45) is 2.33. The minimum atomic E-state index is -0.540. The van der Waals surface area contributed by atoms with Crippen LogP contribution in [0.1, 0.15) is 21.5 Å². The van der Waals surface area contributed by atoms with E-state index in [1.165, 1.54) is 21.3 Å². The van der Waals surface area contributed by atoms with Crippen molar-refractivity contribution in [2.75, 3.05) is 34.5 Å². The Hall–Kier alpha value is -5.04. The summed E-state index contributed by atoms with van der Waals surface area (Å²) in [5.74, 6) is 6.51. The number of amides is 1.